The van der Waals surface area contributed by atoms with Gasteiger partial charge in [-0.25, -0.2) is 4.57 Å². The van der Waals surface area contributed by atoms with Crippen LogP contribution < -0.4 is 5.73 Å². The number of rotatable bonds is 77. The lowest BCUT2D eigenvalue weighted by Crippen LogP contribution is -2.29. The Morgan fingerprint density at radius 1 is 0.330 bits per heavy atom. The van der Waals surface area contributed by atoms with Gasteiger partial charge >= 0.3 is 19.8 Å². The molecule has 0 aromatic heterocycles. The largest absolute Gasteiger partial charge is 0.472 e. The fraction of sp³-hybridized carbons (Fsp3) is 0.810. The van der Waals surface area contributed by atoms with Gasteiger partial charge in [-0.15, -0.1) is 0 Å². The maximum Gasteiger partial charge on any atom is 0.472 e. The Hall–Kier alpha value is -2.81. The van der Waals surface area contributed by atoms with Crippen molar-refractivity contribution in [2.24, 2.45) is 5.73 Å². The van der Waals surface area contributed by atoms with E-state index in [2.05, 4.69) is 98.9 Å². The minimum atomic E-state index is -4.40. The summed E-state index contributed by atoms with van der Waals surface area (Å²) in [5.74, 6) is -0.807. The number of hydrogen-bond acceptors (Lipinski definition) is 8. The molecule has 0 bridgehead atoms. The lowest BCUT2D eigenvalue weighted by atomic mass is 10.0. The standard InChI is InChI=1S/C84H154NO8P/c1-3-5-7-9-11-13-15-17-19-21-23-25-27-29-31-33-35-37-39-40-41-42-43-45-47-49-51-53-55-57-59-61-63-65-67-69-71-73-75-77-84(87)93-82(81-92-94(88,89)91-79-78-85)80-90-83(86)76-74-72-70-68-66-64-62-60-58-56-54-52-50-48-46-44-38-36-34-32-30-28-26-24-22-20-18-16-14-12-10-8-6-4-2/h5,7,11,13,17,19,23,25,29,31,35,37,40-41,82H,3-4,6,8-10,12,14-16,18,20-22,24,26-28,30,32-34,36,38-39,42-81,85H2,1-2H3,(H,88,89)/b7-5-,13-11-,19-17-,25-23-,31-29-,37-35-,41-40-. The quantitative estimate of drug-likeness (QED) is 0.0264. The molecule has 0 rings (SSSR count). The van der Waals surface area contributed by atoms with Crippen LogP contribution in [0.25, 0.3) is 0 Å². The molecule has 548 valence electrons. The molecule has 2 atom stereocenters. The number of hydrogen-bond donors (Lipinski definition) is 2. The SMILES string of the molecule is CC/C=C\C/C=C\C/C=C\C/C=C\C/C=C\C/C=C\C/C=C\CCCCCCCCCCCCCCCCCCCC(=O)OC(COC(=O)CCCCCCCCCCCCCCCCCCCCCCCCCCCCCCCCCCCC)COP(=O)(O)OCCN. The molecule has 0 radical (unpaired) electrons. The lowest BCUT2D eigenvalue weighted by molar-refractivity contribution is -0.161. The summed E-state index contributed by atoms with van der Waals surface area (Å²) in [4.78, 5) is 35.5. The first-order chi connectivity index (χ1) is 46.3. The van der Waals surface area contributed by atoms with Crippen LogP contribution in [0.4, 0.5) is 0 Å². The zero-order valence-corrected chi connectivity index (χ0v) is 62.8. The molecule has 0 heterocycles. The second kappa shape index (κ2) is 79.2. The minimum Gasteiger partial charge on any atom is -0.462 e. The summed E-state index contributed by atoms with van der Waals surface area (Å²) in [6.45, 7) is 3.70. The van der Waals surface area contributed by atoms with Crippen molar-refractivity contribution >= 4 is 19.8 Å². The van der Waals surface area contributed by atoms with Crippen LogP contribution in [-0.4, -0.2) is 49.3 Å². The predicted molar refractivity (Wildman–Crippen MR) is 409 cm³/mol. The third kappa shape index (κ3) is 78.2. The van der Waals surface area contributed by atoms with E-state index in [9.17, 15) is 19.0 Å². The number of ether oxygens (including phenoxy) is 2. The summed E-state index contributed by atoms with van der Waals surface area (Å²) in [6, 6.07) is 0. The second-order valence-corrected chi connectivity index (χ2v) is 28.7. The van der Waals surface area contributed by atoms with E-state index >= 15 is 0 Å². The van der Waals surface area contributed by atoms with Gasteiger partial charge in [0.25, 0.3) is 0 Å². The highest BCUT2D eigenvalue weighted by Crippen LogP contribution is 2.43. The fourth-order valence-corrected chi connectivity index (χ4v) is 12.9. The molecule has 0 saturated carbocycles. The second-order valence-electron chi connectivity index (χ2n) is 27.3. The number of phosphoric ester groups is 1. The zero-order chi connectivity index (χ0) is 67.9. The first-order valence-corrected chi connectivity index (χ1v) is 42.1. The summed E-state index contributed by atoms with van der Waals surface area (Å²) in [5, 5.41) is 0. The number of esters is 2. The maximum absolute atomic E-state index is 12.8. The molecular formula is C84H154NO8P. The van der Waals surface area contributed by atoms with Crippen LogP contribution >= 0.6 is 7.82 Å². The summed E-state index contributed by atoms with van der Waals surface area (Å²) < 4.78 is 33.3. The van der Waals surface area contributed by atoms with Gasteiger partial charge in [-0.2, -0.15) is 0 Å². The molecule has 0 aromatic carbocycles. The van der Waals surface area contributed by atoms with E-state index in [1.807, 2.05) is 0 Å². The number of phosphoric acid groups is 1. The van der Waals surface area contributed by atoms with Gasteiger partial charge < -0.3 is 20.1 Å². The first-order valence-electron chi connectivity index (χ1n) is 40.6. The Morgan fingerprint density at radius 3 is 0.872 bits per heavy atom. The molecule has 0 aromatic rings. The van der Waals surface area contributed by atoms with E-state index in [-0.39, 0.29) is 38.6 Å². The Kier molecular flexibility index (Phi) is 76.8. The van der Waals surface area contributed by atoms with Crippen LogP contribution in [0.5, 0.6) is 0 Å². The smallest absolute Gasteiger partial charge is 0.462 e. The topological polar surface area (TPSA) is 134 Å². The maximum atomic E-state index is 12.8. The highest BCUT2D eigenvalue weighted by atomic mass is 31.2. The highest BCUT2D eigenvalue weighted by molar-refractivity contribution is 7.47. The van der Waals surface area contributed by atoms with Gasteiger partial charge in [0.1, 0.15) is 6.61 Å². The van der Waals surface area contributed by atoms with E-state index < -0.39 is 26.5 Å². The van der Waals surface area contributed by atoms with Gasteiger partial charge in [0.05, 0.1) is 13.2 Å². The number of carbonyl (C=O) groups excluding carboxylic acids is 2. The summed E-state index contributed by atoms with van der Waals surface area (Å²) in [7, 11) is -4.40. The number of carbonyl (C=O) groups is 2. The van der Waals surface area contributed by atoms with Crippen molar-refractivity contribution in [1.82, 2.24) is 0 Å². The molecule has 3 N–H and O–H groups in total. The van der Waals surface area contributed by atoms with Crippen molar-refractivity contribution in [3.8, 4) is 0 Å². The fourth-order valence-electron chi connectivity index (χ4n) is 12.1. The van der Waals surface area contributed by atoms with Gasteiger partial charge in [0.15, 0.2) is 6.10 Å². The molecule has 0 amide bonds. The van der Waals surface area contributed by atoms with Crippen LogP contribution in [-0.2, 0) is 32.7 Å². The normalized spacial score (nSPS) is 13.3. The molecule has 2 unspecified atom stereocenters. The number of unbranched alkanes of at least 4 members (excludes halogenated alkanes) is 50. The van der Waals surface area contributed by atoms with Gasteiger partial charge in [-0.05, 0) is 70.6 Å². The van der Waals surface area contributed by atoms with E-state index in [4.69, 9.17) is 24.3 Å². The molecule has 0 aliphatic carbocycles. The molecule has 94 heavy (non-hydrogen) atoms. The number of nitrogens with two attached hydrogens (primary N) is 1. The number of allylic oxidation sites excluding steroid dienone is 14. The zero-order valence-electron chi connectivity index (χ0n) is 62.0. The van der Waals surface area contributed by atoms with Gasteiger partial charge in [0.2, 0.25) is 0 Å². The van der Waals surface area contributed by atoms with Crippen molar-refractivity contribution in [3.05, 3.63) is 85.1 Å². The van der Waals surface area contributed by atoms with Crippen LogP contribution in [0.1, 0.15) is 406 Å². The van der Waals surface area contributed by atoms with Crippen molar-refractivity contribution in [1.29, 1.82) is 0 Å². The molecule has 0 fully saturated rings. The van der Waals surface area contributed by atoms with Gasteiger partial charge in [-0.1, -0.05) is 407 Å². The Balaban J connectivity index is 3.78. The van der Waals surface area contributed by atoms with E-state index in [1.54, 1.807) is 0 Å². The Morgan fingerprint density at radius 2 is 0.585 bits per heavy atom. The summed E-state index contributed by atoms with van der Waals surface area (Å²) in [5.41, 5.74) is 5.42. The molecule has 0 aliphatic heterocycles. The molecule has 0 spiro atoms. The average molecular weight is 1340 g/mol. The summed E-state index contributed by atoms with van der Waals surface area (Å²) >= 11 is 0. The molecule has 0 saturated heterocycles. The van der Waals surface area contributed by atoms with Crippen molar-refractivity contribution in [2.45, 2.75) is 412 Å². The molecule has 10 heteroatoms. The van der Waals surface area contributed by atoms with Crippen molar-refractivity contribution < 1.29 is 37.6 Å². The third-order valence-electron chi connectivity index (χ3n) is 18.0. The predicted octanol–water partition coefficient (Wildman–Crippen LogP) is 27.3. The van der Waals surface area contributed by atoms with E-state index in [0.717, 1.165) is 83.5 Å². The summed E-state index contributed by atoms with van der Waals surface area (Å²) in [6.07, 6.45) is 107. The van der Waals surface area contributed by atoms with Gasteiger partial charge in [-0.3, -0.25) is 18.6 Å². The van der Waals surface area contributed by atoms with Crippen LogP contribution in [0, 0.1) is 0 Å². The highest BCUT2D eigenvalue weighted by Gasteiger charge is 2.26. The van der Waals surface area contributed by atoms with Crippen molar-refractivity contribution in [2.75, 3.05) is 26.4 Å². The molecule has 9 nitrogen and oxygen atoms in total. The van der Waals surface area contributed by atoms with Crippen LogP contribution in [0.2, 0.25) is 0 Å². The Bertz CT molecular complexity index is 1820. The minimum absolute atomic E-state index is 0.0539. The molecular weight excluding hydrogens is 1180 g/mol. The van der Waals surface area contributed by atoms with Gasteiger partial charge in [0, 0.05) is 19.4 Å². The lowest BCUT2D eigenvalue weighted by Gasteiger charge is -2.19. The average Bonchev–Trinajstić information content (AvgIpc) is 2.74. The van der Waals surface area contributed by atoms with Crippen molar-refractivity contribution in [3.63, 3.8) is 0 Å². The first kappa shape index (κ1) is 91.2. The van der Waals surface area contributed by atoms with E-state index in [0.29, 0.717) is 6.42 Å². The molecule has 0 aliphatic rings. The van der Waals surface area contributed by atoms with Crippen LogP contribution in [0.15, 0.2) is 85.1 Å². The monoisotopic (exact) mass is 1340 g/mol. The Labute approximate surface area is 583 Å². The van der Waals surface area contributed by atoms with Crippen LogP contribution in [0.3, 0.4) is 0 Å². The third-order valence-corrected chi connectivity index (χ3v) is 19.0. The van der Waals surface area contributed by atoms with E-state index in [1.165, 1.54) is 289 Å².